The van der Waals surface area contributed by atoms with Crippen LogP contribution in [0.25, 0.3) is 0 Å². The average molecular weight is 332 g/mol. The monoisotopic (exact) mass is 332 g/mol. The van der Waals surface area contributed by atoms with E-state index in [1.165, 1.54) is 5.56 Å². The minimum Gasteiger partial charge on any atom is -0.432 e. The molecule has 0 aromatic heterocycles. The SMILES string of the molecule is CC(C)N1CCN(C(=O)c2ccc(CN3CC[OH+]CC3)cc2)CC1. The molecule has 0 aliphatic carbocycles. The van der Waals surface area contributed by atoms with Crippen molar-refractivity contribution in [2.75, 3.05) is 52.5 Å². The van der Waals surface area contributed by atoms with E-state index in [1.807, 2.05) is 17.0 Å². The molecule has 2 fully saturated rings. The molecule has 2 aliphatic rings. The zero-order chi connectivity index (χ0) is 16.9. The predicted octanol–water partition coefficient (Wildman–Crippen LogP) is 1.20. The molecular formula is C19H30N3O2+. The van der Waals surface area contributed by atoms with Gasteiger partial charge in [-0.15, -0.1) is 0 Å². The number of piperazine rings is 1. The Morgan fingerprint density at radius 3 is 2.21 bits per heavy atom. The van der Waals surface area contributed by atoms with Gasteiger partial charge in [-0.25, -0.2) is 0 Å². The highest BCUT2D eigenvalue weighted by Crippen LogP contribution is 2.13. The molecule has 24 heavy (non-hydrogen) atoms. The lowest BCUT2D eigenvalue weighted by Crippen LogP contribution is -2.50. The summed E-state index contributed by atoms with van der Waals surface area (Å²) in [7, 11) is 0. The first-order valence-corrected chi connectivity index (χ1v) is 9.11. The minimum atomic E-state index is 0.168. The van der Waals surface area contributed by atoms with Gasteiger partial charge in [0.15, 0.2) is 13.2 Å². The molecular weight excluding hydrogens is 302 g/mol. The van der Waals surface area contributed by atoms with Crippen LogP contribution in [-0.4, -0.2) is 83.9 Å². The first kappa shape index (κ1) is 17.4. The number of carbonyl (C=O) groups is 1. The molecule has 5 nitrogen and oxygen atoms in total. The quantitative estimate of drug-likeness (QED) is 0.778. The molecule has 0 saturated carbocycles. The molecule has 1 aromatic carbocycles. The van der Waals surface area contributed by atoms with Gasteiger partial charge in [-0.1, -0.05) is 12.1 Å². The number of carbonyl (C=O) groups excluding carboxylic acids is 1. The van der Waals surface area contributed by atoms with Crippen molar-refractivity contribution in [2.24, 2.45) is 0 Å². The van der Waals surface area contributed by atoms with Gasteiger partial charge in [0.25, 0.3) is 5.91 Å². The second kappa shape index (κ2) is 8.10. The van der Waals surface area contributed by atoms with E-state index in [-0.39, 0.29) is 5.91 Å². The Morgan fingerprint density at radius 2 is 1.62 bits per heavy atom. The summed E-state index contributed by atoms with van der Waals surface area (Å²) in [5.74, 6) is 0.168. The molecule has 1 N–H and O–H groups in total. The molecule has 2 saturated heterocycles. The van der Waals surface area contributed by atoms with Crippen molar-refractivity contribution in [1.82, 2.24) is 14.7 Å². The molecule has 0 radical (unpaired) electrons. The Hall–Kier alpha value is -1.43. The largest absolute Gasteiger partial charge is 0.432 e. The summed E-state index contributed by atoms with van der Waals surface area (Å²) in [6, 6.07) is 8.73. The molecule has 1 amide bonds. The zero-order valence-electron chi connectivity index (χ0n) is 14.9. The lowest BCUT2D eigenvalue weighted by atomic mass is 10.1. The molecule has 1 aromatic rings. The van der Waals surface area contributed by atoms with E-state index >= 15 is 0 Å². The van der Waals surface area contributed by atoms with E-state index in [2.05, 4.69) is 40.5 Å². The van der Waals surface area contributed by atoms with Crippen LogP contribution in [0.3, 0.4) is 0 Å². The van der Waals surface area contributed by atoms with Gasteiger partial charge in [-0.2, -0.15) is 0 Å². The van der Waals surface area contributed by atoms with E-state index in [4.69, 9.17) is 0 Å². The van der Waals surface area contributed by atoms with Crippen LogP contribution in [0.2, 0.25) is 0 Å². The zero-order valence-corrected chi connectivity index (χ0v) is 14.9. The summed E-state index contributed by atoms with van der Waals surface area (Å²) in [6.45, 7) is 13.0. The summed E-state index contributed by atoms with van der Waals surface area (Å²) >= 11 is 0. The fraction of sp³-hybridized carbons (Fsp3) is 0.632. The average Bonchev–Trinajstić information content (AvgIpc) is 2.63. The molecule has 0 unspecified atom stereocenters. The van der Waals surface area contributed by atoms with Crippen molar-refractivity contribution < 1.29 is 9.53 Å². The number of amides is 1. The number of benzene rings is 1. The van der Waals surface area contributed by atoms with Crippen LogP contribution in [0, 0.1) is 0 Å². The van der Waals surface area contributed by atoms with Gasteiger partial charge in [0.2, 0.25) is 0 Å². The third-order valence-corrected chi connectivity index (χ3v) is 5.09. The Bertz CT molecular complexity index is 530. The van der Waals surface area contributed by atoms with Crippen LogP contribution < -0.4 is 0 Å². The van der Waals surface area contributed by atoms with Crippen molar-refractivity contribution in [3.8, 4) is 0 Å². The third kappa shape index (κ3) is 4.35. The first-order chi connectivity index (χ1) is 11.6. The number of hydrogen-bond donors (Lipinski definition) is 0. The number of hydrogen-bond acceptors (Lipinski definition) is 3. The summed E-state index contributed by atoms with van der Waals surface area (Å²) in [5, 5.41) is 0. The Balaban J connectivity index is 1.54. The number of morpholine rings is 1. The van der Waals surface area contributed by atoms with Gasteiger partial charge in [0.05, 0.1) is 13.1 Å². The van der Waals surface area contributed by atoms with Crippen molar-refractivity contribution in [2.45, 2.75) is 26.4 Å². The maximum atomic E-state index is 12.7. The molecule has 0 spiro atoms. The van der Waals surface area contributed by atoms with Gasteiger partial charge in [-0.3, -0.25) is 14.6 Å². The fourth-order valence-electron chi connectivity index (χ4n) is 3.44. The van der Waals surface area contributed by atoms with Crippen LogP contribution in [0.4, 0.5) is 0 Å². The Morgan fingerprint density at radius 1 is 1.00 bits per heavy atom. The van der Waals surface area contributed by atoms with E-state index in [0.717, 1.165) is 64.6 Å². The second-order valence-electron chi connectivity index (χ2n) is 7.07. The molecule has 0 bridgehead atoms. The Labute approximate surface area is 145 Å². The minimum absolute atomic E-state index is 0.168. The highest BCUT2D eigenvalue weighted by molar-refractivity contribution is 5.94. The van der Waals surface area contributed by atoms with Crippen LogP contribution in [0.1, 0.15) is 29.8 Å². The van der Waals surface area contributed by atoms with Crippen molar-refractivity contribution in [3.63, 3.8) is 0 Å². The summed E-state index contributed by atoms with van der Waals surface area (Å²) in [6.07, 6.45) is 0. The lowest BCUT2D eigenvalue weighted by Gasteiger charge is -2.37. The third-order valence-electron chi connectivity index (χ3n) is 5.09. The van der Waals surface area contributed by atoms with Gasteiger partial charge in [0, 0.05) is 44.3 Å². The second-order valence-corrected chi connectivity index (χ2v) is 7.07. The van der Waals surface area contributed by atoms with E-state index in [0.29, 0.717) is 6.04 Å². The number of rotatable bonds is 4. The normalized spacial score (nSPS) is 20.5. The van der Waals surface area contributed by atoms with E-state index in [1.54, 1.807) is 0 Å². The molecule has 2 heterocycles. The van der Waals surface area contributed by atoms with Crippen LogP contribution in [0.5, 0.6) is 0 Å². The standard InChI is InChI=1S/C19H29N3O2/c1-16(2)21-7-9-22(10-8-21)19(23)18-5-3-17(4-6-18)15-20-11-13-24-14-12-20/h3-6,16H,7-15H2,1-2H3/p+1. The molecule has 0 atom stereocenters. The molecule has 5 heteroatoms. The first-order valence-electron chi connectivity index (χ1n) is 9.11. The summed E-state index contributed by atoms with van der Waals surface area (Å²) < 4.78 is 4.38. The van der Waals surface area contributed by atoms with Crippen molar-refractivity contribution in [1.29, 1.82) is 0 Å². The van der Waals surface area contributed by atoms with Crippen LogP contribution in [-0.2, 0) is 6.54 Å². The Kier molecular flexibility index (Phi) is 5.87. The maximum absolute atomic E-state index is 12.7. The number of ether oxygens (including phenoxy) is 1. The van der Waals surface area contributed by atoms with Gasteiger partial charge < -0.3 is 9.64 Å². The van der Waals surface area contributed by atoms with Crippen LogP contribution in [0.15, 0.2) is 24.3 Å². The molecule has 132 valence electrons. The smallest absolute Gasteiger partial charge is 0.253 e. The molecule has 3 rings (SSSR count). The number of nitrogens with zero attached hydrogens (tertiary/aromatic N) is 3. The van der Waals surface area contributed by atoms with E-state index in [9.17, 15) is 4.79 Å². The fourth-order valence-corrected chi connectivity index (χ4v) is 3.44. The van der Waals surface area contributed by atoms with Crippen molar-refractivity contribution in [3.05, 3.63) is 35.4 Å². The highest BCUT2D eigenvalue weighted by atomic mass is 16.5. The summed E-state index contributed by atoms with van der Waals surface area (Å²) in [4.78, 5) is 19.5. The van der Waals surface area contributed by atoms with Crippen LogP contribution >= 0.6 is 0 Å². The van der Waals surface area contributed by atoms with Crippen molar-refractivity contribution >= 4 is 5.91 Å². The number of aliphatic hydroxyl groups is 2. The van der Waals surface area contributed by atoms with E-state index < -0.39 is 0 Å². The lowest BCUT2D eigenvalue weighted by molar-refractivity contribution is -0.0922. The predicted molar refractivity (Wildman–Crippen MR) is 96.3 cm³/mol. The summed E-state index contributed by atoms with van der Waals surface area (Å²) in [5.41, 5.74) is 2.09. The van der Waals surface area contributed by atoms with Gasteiger partial charge in [0.1, 0.15) is 0 Å². The maximum Gasteiger partial charge on any atom is 0.253 e. The molecule has 2 aliphatic heterocycles. The topological polar surface area (TPSA) is 39.6 Å². The highest BCUT2D eigenvalue weighted by Gasteiger charge is 2.23. The van der Waals surface area contributed by atoms with Gasteiger partial charge >= 0.3 is 0 Å². The van der Waals surface area contributed by atoms with Gasteiger partial charge in [-0.05, 0) is 31.5 Å².